The summed E-state index contributed by atoms with van der Waals surface area (Å²) in [5.74, 6) is 0. The summed E-state index contributed by atoms with van der Waals surface area (Å²) < 4.78 is 0. The fourth-order valence-corrected chi connectivity index (χ4v) is 8.33. The third kappa shape index (κ3) is 6.16. The van der Waals surface area contributed by atoms with E-state index in [-0.39, 0.29) is 5.41 Å². The van der Waals surface area contributed by atoms with Crippen LogP contribution in [0.25, 0.3) is 60.5 Å². The molecule has 0 aliphatic heterocycles. The van der Waals surface area contributed by atoms with E-state index >= 15 is 0 Å². The van der Waals surface area contributed by atoms with Crippen molar-refractivity contribution in [3.8, 4) is 33.4 Å². The normalized spacial score (nSPS) is 13.1. The van der Waals surface area contributed by atoms with Crippen LogP contribution in [-0.2, 0) is 5.41 Å². The van der Waals surface area contributed by atoms with Gasteiger partial charge in [-0.25, -0.2) is 0 Å². The van der Waals surface area contributed by atoms with Gasteiger partial charge in [-0.3, -0.25) is 4.98 Å². The van der Waals surface area contributed by atoms with Crippen molar-refractivity contribution >= 4 is 44.2 Å². The first-order valence-corrected chi connectivity index (χ1v) is 19.3. The summed E-state index contributed by atoms with van der Waals surface area (Å²) in [5, 5.41) is 5.01. The second-order valence-electron chi connectivity index (χ2n) is 15.4. The van der Waals surface area contributed by atoms with E-state index < -0.39 is 0 Å². The van der Waals surface area contributed by atoms with Gasteiger partial charge in [0.05, 0.1) is 0 Å². The number of hydrogen-bond acceptors (Lipinski definition) is 2. The Morgan fingerprint density at radius 2 is 0.786 bits per heavy atom. The molecule has 1 aromatic heterocycles. The molecule has 2 heteroatoms. The van der Waals surface area contributed by atoms with E-state index in [4.69, 9.17) is 0 Å². The lowest BCUT2D eigenvalue weighted by Gasteiger charge is -2.26. The molecule has 0 unspecified atom stereocenters. The molecule has 0 saturated heterocycles. The van der Waals surface area contributed by atoms with Gasteiger partial charge in [0.15, 0.2) is 0 Å². The minimum atomic E-state index is -0.0349. The minimum absolute atomic E-state index is 0.0349. The molecule has 10 rings (SSSR count). The molecular formula is C54H40N2. The summed E-state index contributed by atoms with van der Waals surface area (Å²) in [5.41, 5.74) is 15.5. The highest BCUT2D eigenvalue weighted by molar-refractivity contribution is 5.90. The molecule has 1 aliphatic carbocycles. The molecule has 9 aromatic rings. The Kier molecular flexibility index (Phi) is 8.19. The van der Waals surface area contributed by atoms with Crippen LogP contribution < -0.4 is 4.90 Å². The van der Waals surface area contributed by atoms with Gasteiger partial charge < -0.3 is 4.90 Å². The van der Waals surface area contributed by atoms with E-state index in [2.05, 4.69) is 218 Å². The average molecular weight is 717 g/mol. The fourth-order valence-electron chi connectivity index (χ4n) is 8.33. The van der Waals surface area contributed by atoms with Crippen LogP contribution in [0.15, 0.2) is 207 Å². The van der Waals surface area contributed by atoms with Crippen molar-refractivity contribution in [2.75, 3.05) is 4.90 Å². The Morgan fingerprint density at radius 1 is 0.393 bits per heavy atom. The summed E-state index contributed by atoms with van der Waals surface area (Å²) >= 11 is 0. The number of aromatic nitrogens is 1. The molecule has 2 nitrogen and oxygen atoms in total. The van der Waals surface area contributed by atoms with Gasteiger partial charge in [-0.15, -0.1) is 0 Å². The third-order valence-corrected chi connectivity index (χ3v) is 11.4. The first-order valence-electron chi connectivity index (χ1n) is 19.3. The van der Waals surface area contributed by atoms with Crippen LogP contribution in [0, 0.1) is 0 Å². The maximum atomic E-state index is 4.41. The first kappa shape index (κ1) is 33.5. The van der Waals surface area contributed by atoms with E-state index in [0.29, 0.717) is 0 Å². The zero-order chi connectivity index (χ0) is 37.6. The molecule has 0 spiro atoms. The van der Waals surface area contributed by atoms with E-state index in [0.717, 1.165) is 17.1 Å². The molecule has 0 radical (unpaired) electrons. The van der Waals surface area contributed by atoms with Crippen molar-refractivity contribution < 1.29 is 0 Å². The van der Waals surface area contributed by atoms with Gasteiger partial charge in [-0.05, 0) is 132 Å². The van der Waals surface area contributed by atoms with Crippen LogP contribution in [0.3, 0.4) is 0 Å². The zero-order valence-electron chi connectivity index (χ0n) is 31.5. The average Bonchev–Trinajstić information content (AvgIpc) is 3.54. The molecule has 0 saturated carbocycles. The number of rotatable bonds is 7. The molecule has 0 bridgehead atoms. The Hall–Kier alpha value is -7.03. The van der Waals surface area contributed by atoms with Gasteiger partial charge in [0.2, 0.25) is 0 Å². The largest absolute Gasteiger partial charge is 0.311 e. The Balaban J connectivity index is 0.978. The predicted molar refractivity (Wildman–Crippen MR) is 237 cm³/mol. The Morgan fingerprint density at radius 3 is 1.27 bits per heavy atom. The molecule has 1 heterocycles. The second-order valence-corrected chi connectivity index (χ2v) is 15.4. The van der Waals surface area contributed by atoms with Gasteiger partial charge in [0.1, 0.15) is 0 Å². The number of benzene rings is 8. The van der Waals surface area contributed by atoms with Crippen molar-refractivity contribution in [1.82, 2.24) is 4.98 Å². The quantitative estimate of drug-likeness (QED) is 0.163. The maximum Gasteiger partial charge on any atom is 0.0462 e. The van der Waals surface area contributed by atoms with Crippen LogP contribution in [0.1, 0.15) is 30.5 Å². The van der Waals surface area contributed by atoms with Crippen molar-refractivity contribution in [3.63, 3.8) is 0 Å². The molecule has 0 fully saturated rings. The number of anilines is 3. The number of hydrogen-bond donors (Lipinski definition) is 0. The van der Waals surface area contributed by atoms with E-state index in [1.54, 1.807) is 0 Å². The summed E-state index contributed by atoms with van der Waals surface area (Å²) in [4.78, 5) is 6.75. The van der Waals surface area contributed by atoms with Crippen LogP contribution in [-0.4, -0.2) is 4.98 Å². The van der Waals surface area contributed by atoms with Gasteiger partial charge in [-0.2, -0.15) is 0 Å². The van der Waals surface area contributed by atoms with Crippen LogP contribution in [0.4, 0.5) is 17.1 Å². The van der Waals surface area contributed by atoms with E-state index in [1.165, 1.54) is 77.2 Å². The van der Waals surface area contributed by atoms with E-state index in [9.17, 15) is 0 Å². The topological polar surface area (TPSA) is 16.1 Å². The molecule has 266 valence electrons. The van der Waals surface area contributed by atoms with Crippen molar-refractivity contribution in [2.45, 2.75) is 19.3 Å². The lowest BCUT2D eigenvalue weighted by atomic mass is 9.88. The molecule has 1 aliphatic rings. The molecular weight excluding hydrogens is 677 g/mol. The molecule has 0 amide bonds. The molecule has 8 aromatic carbocycles. The van der Waals surface area contributed by atoms with Crippen LogP contribution in [0.5, 0.6) is 0 Å². The van der Waals surface area contributed by atoms with Crippen molar-refractivity contribution in [2.24, 2.45) is 0 Å². The first-order chi connectivity index (χ1) is 27.5. The van der Waals surface area contributed by atoms with Crippen LogP contribution >= 0.6 is 0 Å². The highest BCUT2D eigenvalue weighted by atomic mass is 15.1. The van der Waals surface area contributed by atoms with Crippen molar-refractivity contribution in [1.29, 1.82) is 0 Å². The van der Waals surface area contributed by atoms with E-state index in [1.807, 2.05) is 12.4 Å². The number of allylic oxidation sites excluding steroid dienone is 1. The van der Waals surface area contributed by atoms with Gasteiger partial charge in [0, 0.05) is 34.9 Å². The zero-order valence-corrected chi connectivity index (χ0v) is 31.5. The maximum absolute atomic E-state index is 4.41. The Labute approximate surface area is 328 Å². The van der Waals surface area contributed by atoms with Gasteiger partial charge >= 0.3 is 0 Å². The summed E-state index contributed by atoms with van der Waals surface area (Å²) in [6.07, 6.45) is 6.28. The Bertz CT molecular complexity index is 2780. The number of fused-ring (bicyclic) bond motifs is 3. The van der Waals surface area contributed by atoms with Gasteiger partial charge in [-0.1, -0.05) is 153 Å². The van der Waals surface area contributed by atoms with Gasteiger partial charge in [0.25, 0.3) is 0 Å². The second kappa shape index (κ2) is 13.7. The fraction of sp³-hybridized carbons (Fsp3) is 0.0556. The molecule has 0 atom stereocenters. The lowest BCUT2D eigenvalue weighted by Crippen LogP contribution is -2.10. The summed E-state index contributed by atoms with van der Waals surface area (Å²) in [7, 11) is 0. The van der Waals surface area contributed by atoms with Crippen LogP contribution in [0.2, 0.25) is 0 Å². The molecule has 0 N–H and O–H groups in total. The predicted octanol–water partition coefficient (Wildman–Crippen LogP) is 14.6. The highest BCUT2D eigenvalue weighted by Gasteiger charge is 2.30. The smallest absolute Gasteiger partial charge is 0.0462 e. The SMILES string of the molecule is CC1(C)C=C(c2ccc(-c3ccc(N(c4ccc(-c5ccc6ccccc6c5)cc4)c4ccc(-c5ccc6ccccc6c5)cc4)cc3)cc2)c2ccncc21. The van der Waals surface area contributed by atoms with Crippen molar-refractivity contribution in [3.05, 3.63) is 223 Å². The lowest BCUT2D eigenvalue weighted by molar-refractivity contribution is 0.679. The highest BCUT2D eigenvalue weighted by Crippen LogP contribution is 2.43. The molecule has 56 heavy (non-hydrogen) atoms. The number of pyridine rings is 1. The minimum Gasteiger partial charge on any atom is -0.311 e. The summed E-state index contributed by atoms with van der Waals surface area (Å²) in [6, 6.07) is 68.5. The summed E-state index contributed by atoms with van der Waals surface area (Å²) in [6.45, 7) is 4.52. The standard InChI is InChI=1S/C54H40N2/c1-54(2)35-52(51-31-32-55-36-53(51)54)43-15-11-39(12-16-43)40-19-25-48(26-20-40)56(49-27-21-41(22-28-49)46-17-13-37-7-3-5-9-44(37)33-46)50-29-23-42(24-30-50)47-18-14-38-8-4-6-10-45(38)34-47/h3-36H,1-2H3. The number of nitrogens with zero attached hydrogens (tertiary/aromatic N) is 2. The monoisotopic (exact) mass is 716 g/mol. The third-order valence-electron chi connectivity index (χ3n) is 11.4.